The Morgan fingerprint density at radius 3 is 2.67 bits per heavy atom. The average molecular weight is 347 g/mol. The highest BCUT2D eigenvalue weighted by molar-refractivity contribution is 7.14. The summed E-state index contributed by atoms with van der Waals surface area (Å²) >= 11 is 1.20. The number of anilines is 2. The second-order valence-corrected chi connectivity index (χ2v) is 6.19. The molecule has 0 bridgehead atoms. The SMILES string of the molecule is CC(=O)N(c1nc(/C=C/C(=O)NC(C)C)cs1)c1ccccc1F. The summed E-state index contributed by atoms with van der Waals surface area (Å²) in [6.07, 6.45) is 2.93. The van der Waals surface area contributed by atoms with Gasteiger partial charge in [-0.05, 0) is 32.1 Å². The molecule has 24 heavy (non-hydrogen) atoms. The van der Waals surface area contributed by atoms with Gasteiger partial charge in [0, 0.05) is 24.4 Å². The molecular formula is C17H18FN3O2S. The minimum atomic E-state index is -0.503. The van der Waals surface area contributed by atoms with E-state index in [4.69, 9.17) is 0 Å². The normalized spacial score (nSPS) is 11.0. The largest absolute Gasteiger partial charge is 0.350 e. The van der Waals surface area contributed by atoms with Crippen LogP contribution < -0.4 is 10.2 Å². The lowest BCUT2D eigenvalue weighted by molar-refractivity contribution is -0.117. The molecule has 0 atom stereocenters. The molecule has 0 saturated carbocycles. The van der Waals surface area contributed by atoms with Crippen LogP contribution in [-0.4, -0.2) is 22.8 Å². The van der Waals surface area contributed by atoms with Crippen LogP contribution in [0.4, 0.5) is 15.2 Å². The van der Waals surface area contributed by atoms with Gasteiger partial charge in [-0.15, -0.1) is 11.3 Å². The zero-order valence-electron chi connectivity index (χ0n) is 13.6. The molecule has 5 nitrogen and oxygen atoms in total. The van der Waals surface area contributed by atoms with Gasteiger partial charge in [-0.3, -0.25) is 14.5 Å². The number of hydrogen-bond acceptors (Lipinski definition) is 4. The van der Waals surface area contributed by atoms with Crippen LogP contribution in [-0.2, 0) is 9.59 Å². The maximum atomic E-state index is 14.0. The fourth-order valence-electron chi connectivity index (χ4n) is 1.99. The number of amides is 2. The minimum absolute atomic E-state index is 0.0439. The summed E-state index contributed by atoms with van der Waals surface area (Å²) in [4.78, 5) is 29.0. The summed E-state index contributed by atoms with van der Waals surface area (Å²) < 4.78 is 14.0. The number of nitrogens with zero attached hydrogens (tertiary/aromatic N) is 2. The molecule has 7 heteroatoms. The zero-order chi connectivity index (χ0) is 17.7. The third-order valence-electron chi connectivity index (χ3n) is 2.95. The molecule has 0 aliphatic carbocycles. The Hall–Kier alpha value is -2.54. The quantitative estimate of drug-likeness (QED) is 0.842. The molecular weight excluding hydrogens is 329 g/mol. The van der Waals surface area contributed by atoms with Crippen molar-refractivity contribution < 1.29 is 14.0 Å². The molecule has 0 aliphatic heterocycles. The number of carbonyl (C=O) groups excluding carboxylic acids is 2. The van der Waals surface area contributed by atoms with Crippen molar-refractivity contribution in [2.24, 2.45) is 0 Å². The molecule has 0 aliphatic rings. The monoisotopic (exact) mass is 347 g/mol. The molecule has 0 radical (unpaired) electrons. The van der Waals surface area contributed by atoms with Crippen molar-refractivity contribution in [1.82, 2.24) is 10.3 Å². The third-order valence-corrected chi connectivity index (χ3v) is 3.79. The highest BCUT2D eigenvalue weighted by Gasteiger charge is 2.20. The lowest BCUT2D eigenvalue weighted by atomic mass is 10.3. The van der Waals surface area contributed by atoms with Crippen molar-refractivity contribution in [2.75, 3.05) is 4.90 Å². The van der Waals surface area contributed by atoms with Gasteiger partial charge in [0.05, 0.1) is 11.4 Å². The molecule has 1 aromatic carbocycles. The Labute approximate surface area is 143 Å². The molecule has 0 fully saturated rings. The van der Waals surface area contributed by atoms with Crippen molar-refractivity contribution in [1.29, 1.82) is 0 Å². The Morgan fingerprint density at radius 2 is 2.04 bits per heavy atom. The van der Waals surface area contributed by atoms with Crippen LogP contribution in [0.3, 0.4) is 0 Å². The highest BCUT2D eigenvalue weighted by Crippen LogP contribution is 2.30. The van der Waals surface area contributed by atoms with Gasteiger partial charge >= 0.3 is 0 Å². The Kier molecular flexibility index (Phi) is 5.81. The number of rotatable bonds is 5. The number of para-hydroxylation sites is 1. The van der Waals surface area contributed by atoms with E-state index in [1.54, 1.807) is 23.6 Å². The van der Waals surface area contributed by atoms with E-state index in [0.29, 0.717) is 10.8 Å². The van der Waals surface area contributed by atoms with Crippen LogP contribution in [0.2, 0.25) is 0 Å². The first-order chi connectivity index (χ1) is 11.4. The summed E-state index contributed by atoms with van der Waals surface area (Å²) in [6, 6.07) is 6.06. The predicted molar refractivity (Wildman–Crippen MR) is 93.6 cm³/mol. The van der Waals surface area contributed by atoms with Crippen LogP contribution in [0.1, 0.15) is 26.5 Å². The first-order valence-electron chi connectivity index (χ1n) is 7.38. The van der Waals surface area contributed by atoms with E-state index in [0.717, 1.165) is 0 Å². The maximum Gasteiger partial charge on any atom is 0.244 e. The van der Waals surface area contributed by atoms with E-state index < -0.39 is 5.82 Å². The third kappa shape index (κ3) is 4.48. The fraction of sp³-hybridized carbons (Fsp3) is 0.235. The second-order valence-electron chi connectivity index (χ2n) is 5.36. The van der Waals surface area contributed by atoms with Gasteiger partial charge in [-0.1, -0.05) is 12.1 Å². The van der Waals surface area contributed by atoms with Crippen molar-refractivity contribution in [2.45, 2.75) is 26.8 Å². The summed E-state index contributed by atoms with van der Waals surface area (Å²) in [5, 5.41) is 4.77. The second kappa shape index (κ2) is 7.83. The number of halogens is 1. The number of hydrogen-bond donors (Lipinski definition) is 1. The number of nitrogens with one attached hydrogen (secondary N) is 1. The zero-order valence-corrected chi connectivity index (χ0v) is 14.4. The van der Waals surface area contributed by atoms with Crippen molar-refractivity contribution in [3.63, 3.8) is 0 Å². The smallest absolute Gasteiger partial charge is 0.244 e. The summed E-state index contributed by atoms with van der Waals surface area (Å²) in [6.45, 7) is 5.08. The summed E-state index contributed by atoms with van der Waals surface area (Å²) in [5.74, 6) is -1.07. The van der Waals surface area contributed by atoms with Gasteiger partial charge in [0.25, 0.3) is 0 Å². The number of aromatic nitrogens is 1. The van der Waals surface area contributed by atoms with Gasteiger partial charge in [-0.25, -0.2) is 9.37 Å². The Bertz CT molecular complexity index is 771. The number of carbonyl (C=O) groups is 2. The molecule has 0 saturated heterocycles. The summed E-state index contributed by atoms with van der Waals surface area (Å²) in [5.41, 5.74) is 0.670. The number of benzene rings is 1. The molecule has 126 valence electrons. The molecule has 2 aromatic rings. The lowest BCUT2D eigenvalue weighted by Crippen LogP contribution is -2.28. The van der Waals surface area contributed by atoms with Crippen molar-refractivity contribution >= 4 is 40.0 Å². The van der Waals surface area contributed by atoms with E-state index >= 15 is 0 Å². The van der Waals surface area contributed by atoms with Crippen LogP contribution in [0.5, 0.6) is 0 Å². The lowest BCUT2D eigenvalue weighted by Gasteiger charge is -2.18. The number of thiazole rings is 1. The fourth-order valence-corrected chi connectivity index (χ4v) is 2.84. The van der Waals surface area contributed by atoms with Crippen LogP contribution in [0.25, 0.3) is 6.08 Å². The van der Waals surface area contributed by atoms with Crippen molar-refractivity contribution in [3.05, 3.63) is 47.2 Å². The van der Waals surface area contributed by atoms with E-state index in [-0.39, 0.29) is 23.5 Å². The van der Waals surface area contributed by atoms with Crippen molar-refractivity contribution in [3.8, 4) is 0 Å². The first-order valence-corrected chi connectivity index (χ1v) is 8.25. The van der Waals surface area contributed by atoms with Gasteiger partial charge in [0.1, 0.15) is 5.82 Å². The van der Waals surface area contributed by atoms with E-state index in [2.05, 4.69) is 10.3 Å². The topological polar surface area (TPSA) is 62.3 Å². The molecule has 1 aromatic heterocycles. The standard InChI is InChI=1S/C17H18FN3O2S/c1-11(2)19-16(23)9-8-13-10-24-17(20-13)21(12(3)22)15-7-5-4-6-14(15)18/h4-11H,1-3H3,(H,19,23)/b9-8+. The van der Waals surface area contributed by atoms with E-state index in [1.807, 2.05) is 13.8 Å². The van der Waals surface area contributed by atoms with Crippen LogP contribution in [0, 0.1) is 5.82 Å². The van der Waals surface area contributed by atoms with Crippen LogP contribution >= 0.6 is 11.3 Å². The first kappa shape index (κ1) is 17.8. The molecule has 0 spiro atoms. The molecule has 1 heterocycles. The Morgan fingerprint density at radius 1 is 1.33 bits per heavy atom. The predicted octanol–water partition coefficient (Wildman–Crippen LogP) is 3.50. The van der Waals surface area contributed by atoms with E-state index in [1.165, 1.54) is 41.4 Å². The minimum Gasteiger partial charge on any atom is -0.350 e. The van der Waals surface area contributed by atoms with Crippen LogP contribution in [0.15, 0.2) is 35.7 Å². The molecule has 2 amide bonds. The van der Waals surface area contributed by atoms with Gasteiger partial charge < -0.3 is 5.32 Å². The molecule has 0 unspecified atom stereocenters. The van der Waals surface area contributed by atoms with Gasteiger partial charge in [0.2, 0.25) is 11.8 Å². The highest BCUT2D eigenvalue weighted by atomic mass is 32.1. The van der Waals surface area contributed by atoms with Gasteiger partial charge in [0.15, 0.2) is 5.13 Å². The van der Waals surface area contributed by atoms with E-state index in [9.17, 15) is 14.0 Å². The maximum absolute atomic E-state index is 14.0. The van der Waals surface area contributed by atoms with Gasteiger partial charge in [-0.2, -0.15) is 0 Å². The average Bonchev–Trinajstić information content (AvgIpc) is 2.95. The summed E-state index contributed by atoms with van der Waals surface area (Å²) in [7, 11) is 0. The Balaban J connectivity index is 2.24. The molecule has 2 rings (SSSR count). The molecule has 1 N–H and O–H groups in total.